The molecule has 6 heteroatoms. The molecule has 0 aliphatic rings. The maximum atomic E-state index is 11.7. The van der Waals surface area contributed by atoms with Gasteiger partial charge in [-0.05, 0) is 31.5 Å². The topological polar surface area (TPSA) is 71.8 Å². The fraction of sp³-hybridized carbons (Fsp3) is 0.357. The Bertz CT molecular complexity index is 535. The van der Waals surface area contributed by atoms with Crippen LogP contribution >= 0.6 is 0 Å². The van der Waals surface area contributed by atoms with Crippen molar-refractivity contribution in [3.63, 3.8) is 0 Å². The lowest BCUT2D eigenvalue weighted by Gasteiger charge is -2.13. The highest BCUT2D eigenvalue weighted by Crippen LogP contribution is 2.09. The number of amides is 2. The highest BCUT2D eigenvalue weighted by Gasteiger charge is 2.06. The van der Waals surface area contributed by atoms with Crippen molar-refractivity contribution in [2.75, 3.05) is 5.32 Å². The largest absolute Gasteiger partial charge is 0.335 e. The Hall–Kier alpha value is -2.37. The molecule has 106 valence electrons. The van der Waals surface area contributed by atoms with Gasteiger partial charge in [0.1, 0.15) is 0 Å². The maximum absolute atomic E-state index is 11.7. The number of nitrogens with one attached hydrogen (secondary N) is 2. The number of hydrogen-bond acceptors (Lipinski definition) is 3. The van der Waals surface area contributed by atoms with E-state index in [4.69, 9.17) is 0 Å². The summed E-state index contributed by atoms with van der Waals surface area (Å²) in [5.41, 5.74) is 0.655. The van der Waals surface area contributed by atoms with Crippen LogP contribution in [0.25, 0.3) is 5.82 Å². The molecule has 0 aromatic carbocycles. The Labute approximate surface area is 118 Å². The summed E-state index contributed by atoms with van der Waals surface area (Å²) in [6.07, 6.45) is 7.12. The average molecular weight is 273 g/mol. The van der Waals surface area contributed by atoms with E-state index in [0.29, 0.717) is 11.5 Å². The smallest absolute Gasteiger partial charge is 0.319 e. The van der Waals surface area contributed by atoms with Crippen molar-refractivity contribution in [3.8, 4) is 5.82 Å². The Morgan fingerprint density at radius 1 is 1.45 bits per heavy atom. The lowest BCUT2D eigenvalue weighted by atomic mass is 10.2. The Balaban J connectivity index is 1.92. The Kier molecular flexibility index (Phi) is 4.70. The molecule has 20 heavy (non-hydrogen) atoms. The number of carbonyl (C=O) groups excluding carboxylic acids is 1. The molecular weight excluding hydrogens is 254 g/mol. The molecule has 0 aliphatic carbocycles. The number of anilines is 1. The van der Waals surface area contributed by atoms with Gasteiger partial charge in [-0.25, -0.2) is 14.5 Å². The van der Waals surface area contributed by atoms with Crippen LogP contribution in [0.3, 0.4) is 0 Å². The summed E-state index contributed by atoms with van der Waals surface area (Å²) < 4.78 is 1.66. The number of nitrogens with zero attached hydrogens (tertiary/aromatic N) is 3. The van der Waals surface area contributed by atoms with Crippen molar-refractivity contribution in [2.24, 2.45) is 0 Å². The van der Waals surface area contributed by atoms with Gasteiger partial charge in [-0.1, -0.05) is 13.3 Å². The first-order valence-electron chi connectivity index (χ1n) is 6.72. The molecule has 6 nitrogen and oxygen atoms in total. The van der Waals surface area contributed by atoms with Crippen LogP contribution < -0.4 is 10.6 Å². The van der Waals surface area contributed by atoms with Crippen molar-refractivity contribution in [1.29, 1.82) is 0 Å². The zero-order valence-electron chi connectivity index (χ0n) is 11.7. The average Bonchev–Trinajstić information content (AvgIpc) is 2.93. The molecule has 0 fully saturated rings. The van der Waals surface area contributed by atoms with Crippen molar-refractivity contribution in [2.45, 2.75) is 32.7 Å². The highest BCUT2D eigenvalue weighted by atomic mass is 16.2. The van der Waals surface area contributed by atoms with Gasteiger partial charge in [-0.2, -0.15) is 5.10 Å². The van der Waals surface area contributed by atoms with Gasteiger partial charge in [0.25, 0.3) is 0 Å². The van der Waals surface area contributed by atoms with E-state index in [-0.39, 0.29) is 12.1 Å². The normalized spacial score (nSPS) is 11.9. The van der Waals surface area contributed by atoms with Crippen LogP contribution in [0.1, 0.15) is 26.7 Å². The number of urea groups is 1. The van der Waals surface area contributed by atoms with Crippen LogP contribution in [-0.2, 0) is 0 Å². The Morgan fingerprint density at radius 3 is 2.90 bits per heavy atom. The minimum absolute atomic E-state index is 0.163. The fourth-order valence-corrected chi connectivity index (χ4v) is 1.90. The SMILES string of the molecule is CCC[C@@H](C)NC(=O)Nc1ccc(-n2cccn2)nc1. The zero-order chi connectivity index (χ0) is 14.4. The lowest BCUT2D eigenvalue weighted by molar-refractivity contribution is 0.248. The highest BCUT2D eigenvalue weighted by molar-refractivity contribution is 5.89. The number of pyridine rings is 1. The van der Waals surface area contributed by atoms with Gasteiger partial charge in [0.15, 0.2) is 5.82 Å². The van der Waals surface area contributed by atoms with Crippen molar-refractivity contribution < 1.29 is 4.79 Å². The quantitative estimate of drug-likeness (QED) is 0.879. The van der Waals surface area contributed by atoms with Crippen molar-refractivity contribution in [1.82, 2.24) is 20.1 Å². The minimum atomic E-state index is -0.209. The summed E-state index contributed by atoms with van der Waals surface area (Å²) in [6, 6.07) is 5.39. The van der Waals surface area contributed by atoms with Gasteiger partial charge >= 0.3 is 6.03 Å². The summed E-state index contributed by atoms with van der Waals surface area (Å²) in [6.45, 7) is 4.08. The second kappa shape index (κ2) is 6.70. The van der Waals surface area contributed by atoms with Crippen LogP contribution in [0, 0.1) is 0 Å². The second-order valence-electron chi connectivity index (χ2n) is 4.64. The predicted molar refractivity (Wildman–Crippen MR) is 77.9 cm³/mol. The molecule has 2 heterocycles. The first-order chi connectivity index (χ1) is 9.69. The van der Waals surface area contributed by atoms with Crippen molar-refractivity contribution >= 4 is 11.7 Å². The van der Waals surface area contributed by atoms with Gasteiger partial charge in [-0.3, -0.25) is 0 Å². The van der Waals surface area contributed by atoms with E-state index in [1.54, 1.807) is 29.2 Å². The molecule has 0 saturated carbocycles. The molecule has 2 aromatic heterocycles. The molecule has 2 aromatic rings. The molecule has 2 amide bonds. The third-order valence-electron chi connectivity index (χ3n) is 2.84. The van der Waals surface area contributed by atoms with Crippen LogP contribution in [0.2, 0.25) is 0 Å². The summed E-state index contributed by atoms with van der Waals surface area (Å²) in [4.78, 5) is 16.0. The molecule has 0 bridgehead atoms. The maximum Gasteiger partial charge on any atom is 0.319 e. The number of hydrogen-bond donors (Lipinski definition) is 2. The van der Waals surface area contributed by atoms with E-state index < -0.39 is 0 Å². The van der Waals surface area contributed by atoms with E-state index in [1.807, 2.05) is 19.2 Å². The number of aromatic nitrogens is 3. The summed E-state index contributed by atoms with van der Waals surface area (Å²) in [5.74, 6) is 0.709. The molecule has 0 spiro atoms. The third kappa shape index (κ3) is 3.81. The van der Waals surface area contributed by atoms with E-state index in [9.17, 15) is 4.79 Å². The molecule has 0 aliphatic heterocycles. The van der Waals surface area contributed by atoms with Gasteiger partial charge in [0, 0.05) is 18.4 Å². The van der Waals surface area contributed by atoms with E-state index in [1.165, 1.54) is 0 Å². The first kappa shape index (κ1) is 14.0. The molecule has 0 saturated heterocycles. The number of carbonyl (C=O) groups is 1. The number of rotatable bonds is 5. The summed E-state index contributed by atoms with van der Waals surface area (Å²) in [7, 11) is 0. The molecule has 2 N–H and O–H groups in total. The third-order valence-corrected chi connectivity index (χ3v) is 2.84. The molecule has 0 unspecified atom stereocenters. The molecule has 1 atom stereocenters. The van der Waals surface area contributed by atoms with Gasteiger partial charge in [0.05, 0.1) is 11.9 Å². The zero-order valence-corrected chi connectivity index (χ0v) is 11.7. The van der Waals surface area contributed by atoms with E-state index >= 15 is 0 Å². The van der Waals surface area contributed by atoms with Crippen molar-refractivity contribution in [3.05, 3.63) is 36.8 Å². The molecule has 0 radical (unpaired) electrons. The minimum Gasteiger partial charge on any atom is -0.335 e. The first-order valence-corrected chi connectivity index (χ1v) is 6.72. The summed E-state index contributed by atoms with van der Waals surface area (Å²) in [5, 5.41) is 9.73. The predicted octanol–water partition coefficient (Wildman–Crippen LogP) is 2.58. The monoisotopic (exact) mass is 273 g/mol. The Morgan fingerprint density at radius 2 is 2.30 bits per heavy atom. The molecule has 2 rings (SSSR count). The second-order valence-corrected chi connectivity index (χ2v) is 4.64. The standard InChI is InChI=1S/C14H19N5O/c1-3-5-11(2)17-14(20)18-12-6-7-13(15-10-12)19-9-4-8-16-19/h4,6-11H,3,5H2,1-2H3,(H2,17,18,20)/t11-/m1/s1. The van der Waals surface area contributed by atoms with Gasteiger partial charge in [0.2, 0.25) is 0 Å². The van der Waals surface area contributed by atoms with Crippen LogP contribution in [-0.4, -0.2) is 26.8 Å². The molecular formula is C14H19N5O. The fourth-order valence-electron chi connectivity index (χ4n) is 1.90. The summed E-state index contributed by atoms with van der Waals surface area (Å²) >= 11 is 0. The van der Waals surface area contributed by atoms with Crippen LogP contribution in [0.5, 0.6) is 0 Å². The van der Waals surface area contributed by atoms with Crippen LogP contribution in [0.15, 0.2) is 36.8 Å². The van der Waals surface area contributed by atoms with E-state index in [0.717, 1.165) is 12.8 Å². The van der Waals surface area contributed by atoms with Gasteiger partial charge in [-0.15, -0.1) is 0 Å². The van der Waals surface area contributed by atoms with Gasteiger partial charge < -0.3 is 10.6 Å². The lowest BCUT2D eigenvalue weighted by Crippen LogP contribution is -2.35. The van der Waals surface area contributed by atoms with E-state index in [2.05, 4.69) is 27.6 Å². The van der Waals surface area contributed by atoms with Crippen LogP contribution in [0.4, 0.5) is 10.5 Å².